The molecular weight excluding hydrogens is 212 g/mol. The maximum Gasteiger partial charge on any atom is 0.292 e. The van der Waals surface area contributed by atoms with Gasteiger partial charge in [0.25, 0.3) is 6.01 Å². The Hall–Kier alpha value is -2.29. The summed E-state index contributed by atoms with van der Waals surface area (Å²) >= 11 is 0. The van der Waals surface area contributed by atoms with E-state index in [9.17, 15) is 0 Å². The van der Waals surface area contributed by atoms with Gasteiger partial charge in [-0.15, -0.1) is 0 Å². The van der Waals surface area contributed by atoms with Crippen LogP contribution in [-0.2, 0) is 0 Å². The first kappa shape index (κ1) is 9.90. The summed E-state index contributed by atoms with van der Waals surface area (Å²) in [4.78, 5) is 4.12. The molecule has 0 radical (unpaired) electrons. The Morgan fingerprint density at radius 3 is 2.59 bits per heavy atom. The standard InChI is InChI=1S/C14H12N2O/c1-9-2-3-11-7-12(5-4-10(11)6-9)13-8-17-14(15)16-13/h2-8H,1H3,(H2,15,16). The van der Waals surface area contributed by atoms with Crippen molar-refractivity contribution in [2.45, 2.75) is 6.92 Å². The van der Waals surface area contributed by atoms with Crippen molar-refractivity contribution in [3.8, 4) is 11.3 Å². The van der Waals surface area contributed by atoms with Crippen molar-refractivity contribution in [3.63, 3.8) is 0 Å². The molecule has 3 nitrogen and oxygen atoms in total. The first-order valence-corrected chi connectivity index (χ1v) is 5.44. The molecule has 0 atom stereocenters. The number of nitrogens with two attached hydrogens (primary N) is 1. The van der Waals surface area contributed by atoms with Gasteiger partial charge in [0, 0.05) is 5.56 Å². The number of hydrogen-bond donors (Lipinski definition) is 1. The van der Waals surface area contributed by atoms with Crippen LogP contribution >= 0.6 is 0 Å². The molecule has 0 aliphatic rings. The second kappa shape index (κ2) is 3.63. The number of nitrogens with zero attached hydrogens (tertiary/aromatic N) is 1. The maximum atomic E-state index is 5.47. The molecule has 2 N–H and O–H groups in total. The molecule has 1 heterocycles. The average Bonchev–Trinajstić information content (AvgIpc) is 2.75. The molecule has 0 saturated carbocycles. The highest BCUT2D eigenvalue weighted by atomic mass is 16.4. The van der Waals surface area contributed by atoms with Gasteiger partial charge in [0.15, 0.2) is 0 Å². The van der Waals surface area contributed by atoms with Gasteiger partial charge in [-0.05, 0) is 23.8 Å². The van der Waals surface area contributed by atoms with E-state index >= 15 is 0 Å². The minimum atomic E-state index is 0.198. The molecule has 0 saturated heterocycles. The van der Waals surface area contributed by atoms with Gasteiger partial charge < -0.3 is 10.2 Å². The lowest BCUT2D eigenvalue weighted by molar-refractivity contribution is 0.581. The molecule has 0 aliphatic carbocycles. The summed E-state index contributed by atoms with van der Waals surface area (Å²) in [6.07, 6.45) is 1.57. The summed E-state index contributed by atoms with van der Waals surface area (Å²) in [5, 5.41) is 2.42. The highest BCUT2D eigenvalue weighted by Gasteiger charge is 2.04. The van der Waals surface area contributed by atoms with E-state index < -0.39 is 0 Å². The summed E-state index contributed by atoms with van der Waals surface area (Å²) < 4.78 is 5.02. The normalized spacial score (nSPS) is 10.9. The SMILES string of the molecule is Cc1ccc2cc(-c3coc(N)n3)ccc2c1. The highest BCUT2D eigenvalue weighted by Crippen LogP contribution is 2.25. The quantitative estimate of drug-likeness (QED) is 0.689. The molecule has 0 amide bonds. The molecule has 0 fully saturated rings. The molecule has 0 unspecified atom stereocenters. The van der Waals surface area contributed by atoms with Crippen LogP contribution in [0.2, 0.25) is 0 Å². The molecule has 3 heteroatoms. The van der Waals surface area contributed by atoms with Crippen LogP contribution in [0.15, 0.2) is 47.1 Å². The Morgan fingerprint density at radius 2 is 1.82 bits per heavy atom. The second-order valence-corrected chi connectivity index (χ2v) is 4.14. The van der Waals surface area contributed by atoms with E-state index in [1.165, 1.54) is 16.3 Å². The predicted molar refractivity (Wildman–Crippen MR) is 68.6 cm³/mol. The summed E-state index contributed by atoms with van der Waals surface area (Å²) in [5.74, 6) is 0. The van der Waals surface area contributed by atoms with E-state index in [0.717, 1.165) is 11.3 Å². The fourth-order valence-electron chi connectivity index (χ4n) is 1.94. The van der Waals surface area contributed by atoms with Gasteiger partial charge in [-0.25, -0.2) is 0 Å². The van der Waals surface area contributed by atoms with Crippen LogP contribution in [0.3, 0.4) is 0 Å². The highest BCUT2D eigenvalue weighted by molar-refractivity contribution is 5.87. The Bertz CT molecular complexity index is 686. The van der Waals surface area contributed by atoms with Crippen LogP contribution in [0, 0.1) is 6.92 Å². The minimum absolute atomic E-state index is 0.198. The molecule has 0 bridgehead atoms. The third-order valence-electron chi connectivity index (χ3n) is 2.81. The van der Waals surface area contributed by atoms with Crippen molar-refractivity contribution in [1.29, 1.82) is 0 Å². The summed E-state index contributed by atoms with van der Waals surface area (Å²) in [5.41, 5.74) is 8.51. The fourth-order valence-corrected chi connectivity index (χ4v) is 1.94. The fraction of sp³-hybridized carbons (Fsp3) is 0.0714. The predicted octanol–water partition coefficient (Wildman–Crippen LogP) is 3.39. The van der Waals surface area contributed by atoms with E-state index in [0.29, 0.717) is 0 Å². The van der Waals surface area contributed by atoms with Crippen molar-refractivity contribution in [2.75, 3.05) is 5.73 Å². The summed E-state index contributed by atoms with van der Waals surface area (Å²) in [6, 6.07) is 12.8. The van der Waals surface area contributed by atoms with E-state index in [1.54, 1.807) is 6.26 Å². The zero-order valence-electron chi connectivity index (χ0n) is 9.47. The number of oxazole rings is 1. The van der Waals surface area contributed by atoms with Crippen molar-refractivity contribution in [1.82, 2.24) is 4.98 Å². The van der Waals surface area contributed by atoms with Gasteiger partial charge in [0.05, 0.1) is 0 Å². The molecule has 3 aromatic rings. The van der Waals surface area contributed by atoms with Gasteiger partial charge >= 0.3 is 0 Å². The molecule has 0 aliphatic heterocycles. The van der Waals surface area contributed by atoms with E-state index in [4.69, 9.17) is 10.2 Å². The van der Waals surface area contributed by atoms with Crippen molar-refractivity contribution in [2.24, 2.45) is 0 Å². The molecule has 2 aromatic carbocycles. The number of aromatic nitrogens is 1. The lowest BCUT2D eigenvalue weighted by Crippen LogP contribution is -1.84. The number of benzene rings is 2. The number of fused-ring (bicyclic) bond motifs is 1. The second-order valence-electron chi connectivity index (χ2n) is 4.14. The average molecular weight is 224 g/mol. The van der Waals surface area contributed by atoms with Crippen molar-refractivity contribution < 1.29 is 4.42 Å². The molecule has 1 aromatic heterocycles. The zero-order chi connectivity index (χ0) is 11.8. The molecule has 84 valence electrons. The van der Waals surface area contributed by atoms with Crippen LogP contribution in [0.4, 0.5) is 6.01 Å². The minimum Gasteiger partial charge on any atom is -0.432 e. The molecular formula is C14H12N2O. The third-order valence-corrected chi connectivity index (χ3v) is 2.81. The van der Waals surface area contributed by atoms with Crippen LogP contribution in [-0.4, -0.2) is 4.98 Å². The van der Waals surface area contributed by atoms with Gasteiger partial charge in [-0.1, -0.05) is 35.9 Å². The van der Waals surface area contributed by atoms with Gasteiger partial charge in [-0.2, -0.15) is 4.98 Å². The molecule has 17 heavy (non-hydrogen) atoms. The van der Waals surface area contributed by atoms with E-state index in [-0.39, 0.29) is 6.01 Å². The largest absolute Gasteiger partial charge is 0.432 e. The summed E-state index contributed by atoms with van der Waals surface area (Å²) in [6.45, 7) is 2.09. The summed E-state index contributed by atoms with van der Waals surface area (Å²) in [7, 11) is 0. The maximum absolute atomic E-state index is 5.47. The van der Waals surface area contributed by atoms with Crippen LogP contribution in [0.1, 0.15) is 5.56 Å². The lowest BCUT2D eigenvalue weighted by atomic mass is 10.0. The van der Waals surface area contributed by atoms with Crippen LogP contribution < -0.4 is 5.73 Å². The Morgan fingerprint density at radius 1 is 1.06 bits per heavy atom. The Labute approximate surface area is 98.9 Å². The monoisotopic (exact) mass is 224 g/mol. The van der Waals surface area contributed by atoms with Crippen LogP contribution in [0.25, 0.3) is 22.0 Å². The number of nitrogen functional groups attached to an aromatic ring is 1. The Balaban J connectivity index is 2.16. The third kappa shape index (κ3) is 1.76. The van der Waals surface area contributed by atoms with Crippen LogP contribution in [0.5, 0.6) is 0 Å². The first-order chi connectivity index (χ1) is 8.22. The number of rotatable bonds is 1. The smallest absolute Gasteiger partial charge is 0.292 e. The number of hydrogen-bond acceptors (Lipinski definition) is 3. The number of aryl methyl sites for hydroxylation is 1. The number of anilines is 1. The topological polar surface area (TPSA) is 52.0 Å². The first-order valence-electron chi connectivity index (χ1n) is 5.44. The van der Waals surface area contributed by atoms with Crippen molar-refractivity contribution in [3.05, 3.63) is 48.2 Å². The molecule has 0 spiro atoms. The van der Waals surface area contributed by atoms with Gasteiger partial charge in [-0.3, -0.25) is 0 Å². The lowest BCUT2D eigenvalue weighted by Gasteiger charge is -2.01. The Kier molecular flexibility index (Phi) is 2.11. The van der Waals surface area contributed by atoms with Crippen molar-refractivity contribution >= 4 is 16.8 Å². The van der Waals surface area contributed by atoms with E-state index in [2.05, 4.69) is 42.2 Å². The zero-order valence-corrected chi connectivity index (χ0v) is 9.47. The molecule has 3 rings (SSSR count). The van der Waals surface area contributed by atoms with Gasteiger partial charge in [0.1, 0.15) is 12.0 Å². The van der Waals surface area contributed by atoms with E-state index in [1.807, 2.05) is 6.07 Å². The van der Waals surface area contributed by atoms with Gasteiger partial charge in [0.2, 0.25) is 0 Å².